The van der Waals surface area contributed by atoms with Crippen LogP contribution in [0, 0.1) is 12.4 Å². The molecule has 1 aliphatic heterocycles. The Morgan fingerprint density at radius 2 is 2.03 bits per heavy atom. The van der Waals surface area contributed by atoms with Crippen molar-refractivity contribution in [1.82, 2.24) is 9.97 Å². The number of anilines is 3. The van der Waals surface area contributed by atoms with Crippen molar-refractivity contribution >= 4 is 28.8 Å². The van der Waals surface area contributed by atoms with Crippen molar-refractivity contribution in [1.29, 1.82) is 0 Å². The molecule has 1 aromatic heterocycles. The number of allylic oxidation sites excluding steroid dienone is 1. The molecule has 7 nitrogen and oxygen atoms in total. The van der Waals surface area contributed by atoms with Crippen molar-refractivity contribution in [2.45, 2.75) is 25.7 Å². The Hall–Kier alpha value is -4.25. The highest BCUT2D eigenvalue weighted by atomic mass is 19.1. The Kier molecular flexibility index (Phi) is 6.83. The minimum absolute atomic E-state index is 0.125. The first-order chi connectivity index (χ1) is 16.5. The van der Waals surface area contributed by atoms with Crippen molar-refractivity contribution < 1.29 is 14.3 Å². The van der Waals surface area contributed by atoms with Gasteiger partial charge in [-0.3, -0.25) is 4.79 Å². The summed E-state index contributed by atoms with van der Waals surface area (Å²) in [5.41, 5.74) is 2.68. The summed E-state index contributed by atoms with van der Waals surface area (Å²) in [6.07, 6.45) is 5.78. The Morgan fingerprint density at radius 3 is 2.76 bits per heavy atom. The number of nitrogens with one attached hydrogen (secondary N) is 1. The maximum Gasteiger partial charge on any atom is 0.230 e. The molecule has 0 bridgehead atoms. The monoisotopic (exact) mass is 457 g/mol. The number of piperidine rings is 1. The van der Waals surface area contributed by atoms with E-state index >= 15 is 0 Å². The predicted octanol–water partition coefficient (Wildman–Crippen LogP) is 5.57. The van der Waals surface area contributed by atoms with Gasteiger partial charge in [-0.2, -0.15) is 0 Å². The fourth-order valence-electron chi connectivity index (χ4n) is 3.97. The number of carbonyl (C=O) groups excluding carboxylic acids is 1. The van der Waals surface area contributed by atoms with Gasteiger partial charge in [-0.25, -0.2) is 19.2 Å². The molecule has 34 heavy (non-hydrogen) atoms. The number of hydrogen-bond acceptors (Lipinski definition) is 6. The highest BCUT2D eigenvalue weighted by Gasteiger charge is 2.17. The molecule has 0 spiro atoms. The molecule has 1 fully saturated rings. The molecule has 2 N–H and O–H groups in total. The van der Waals surface area contributed by atoms with Crippen LogP contribution in [0.2, 0.25) is 0 Å². The second-order valence-corrected chi connectivity index (χ2v) is 8.07. The quantitative estimate of drug-likeness (QED) is 0.274. The van der Waals surface area contributed by atoms with Gasteiger partial charge in [-0.15, -0.1) is 0 Å². The number of carbonyl (C=O) groups is 1. The normalized spacial score (nSPS) is 13.2. The fourth-order valence-corrected chi connectivity index (χ4v) is 3.97. The van der Waals surface area contributed by atoms with Crippen LogP contribution in [0.5, 0.6) is 5.75 Å². The molecule has 0 atom stereocenters. The van der Waals surface area contributed by atoms with E-state index in [1.807, 2.05) is 6.07 Å². The lowest BCUT2D eigenvalue weighted by Crippen LogP contribution is -2.29. The van der Waals surface area contributed by atoms with Crippen LogP contribution in [0.4, 0.5) is 27.4 Å². The van der Waals surface area contributed by atoms with Gasteiger partial charge in [0.25, 0.3) is 0 Å². The van der Waals surface area contributed by atoms with E-state index in [0.717, 1.165) is 37.7 Å². The van der Waals surface area contributed by atoms with Gasteiger partial charge in [0.2, 0.25) is 11.6 Å². The van der Waals surface area contributed by atoms with E-state index in [1.54, 1.807) is 12.1 Å². The summed E-state index contributed by atoms with van der Waals surface area (Å²) in [5.74, 6) is -0.343. The predicted molar refractivity (Wildman–Crippen MR) is 130 cm³/mol. The lowest BCUT2D eigenvalue weighted by Gasteiger charge is -2.29. The van der Waals surface area contributed by atoms with E-state index in [4.69, 9.17) is 6.57 Å². The molecule has 1 saturated heterocycles. The molecule has 4 rings (SSSR count). The van der Waals surface area contributed by atoms with Gasteiger partial charge >= 0.3 is 0 Å². The zero-order valence-electron chi connectivity index (χ0n) is 18.6. The molecule has 172 valence electrons. The van der Waals surface area contributed by atoms with Crippen LogP contribution in [0.3, 0.4) is 0 Å². The van der Waals surface area contributed by atoms with E-state index in [1.165, 1.54) is 30.8 Å². The van der Waals surface area contributed by atoms with Crippen LogP contribution in [-0.2, 0) is 11.2 Å². The molecule has 8 heteroatoms. The van der Waals surface area contributed by atoms with Crippen molar-refractivity contribution in [3.05, 3.63) is 78.0 Å². The summed E-state index contributed by atoms with van der Waals surface area (Å²) < 4.78 is 14.2. The van der Waals surface area contributed by atoms with Gasteiger partial charge in [0.15, 0.2) is 5.78 Å². The van der Waals surface area contributed by atoms with E-state index in [-0.39, 0.29) is 35.2 Å². The molecule has 2 aromatic carbocycles. The van der Waals surface area contributed by atoms with Crippen molar-refractivity contribution in [2.24, 2.45) is 0 Å². The standard InChI is InChI=1S/C26H24FN5O2/c1-3-20(33)14-18-13-17(7-9-21(18)27)25-22(28-2)16-29-26(31-25)30-19-8-10-24(34)23(15-19)32-11-5-4-6-12-32/h3,7-10,13,15-16,34H,1,4-6,11-12,14H2,(H,29,30,31). The van der Waals surface area contributed by atoms with Crippen molar-refractivity contribution in [3.8, 4) is 17.0 Å². The average molecular weight is 458 g/mol. The Bertz CT molecular complexity index is 1280. The summed E-state index contributed by atoms with van der Waals surface area (Å²) in [7, 11) is 0. The highest BCUT2D eigenvalue weighted by Crippen LogP contribution is 2.34. The van der Waals surface area contributed by atoms with Gasteiger partial charge in [-0.05, 0) is 66.8 Å². The third-order valence-electron chi connectivity index (χ3n) is 5.73. The molecule has 0 aliphatic carbocycles. The molecule has 1 aliphatic rings. The molecular formula is C26H24FN5O2. The summed E-state index contributed by atoms with van der Waals surface area (Å²) in [4.78, 5) is 26.1. The van der Waals surface area contributed by atoms with Crippen LogP contribution in [-0.4, -0.2) is 33.9 Å². The van der Waals surface area contributed by atoms with Gasteiger partial charge in [0, 0.05) is 31.4 Å². The molecule has 0 saturated carbocycles. The summed E-state index contributed by atoms with van der Waals surface area (Å²) in [5, 5.41) is 13.5. The lowest BCUT2D eigenvalue weighted by atomic mass is 10.0. The number of aromatic nitrogens is 2. The average Bonchev–Trinajstić information content (AvgIpc) is 2.87. The van der Waals surface area contributed by atoms with Gasteiger partial charge in [0.1, 0.15) is 11.6 Å². The van der Waals surface area contributed by atoms with Crippen molar-refractivity contribution in [2.75, 3.05) is 23.3 Å². The fraction of sp³-hybridized carbons (Fsp3) is 0.231. The third kappa shape index (κ3) is 5.04. The molecular weight excluding hydrogens is 433 g/mol. The van der Waals surface area contributed by atoms with Crippen LogP contribution >= 0.6 is 0 Å². The van der Waals surface area contributed by atoms with E-state index in [9.17, 15) is 14.3 Å². The Morgan fingerprint density at radius 1 is 1.24 bits per heavy atom. The molecule has 0 unspecified atom stereocenters. The van der Waals surface area contributed by atoms with Gasteiger partial charge < -0.3 is 15.3 Å². The Labute approximate surface area is 197 Å². The third-order valence-corrected chi connectivity index (χ3v) is 5.73. The topological polar surface area (TPSA) is 82.7 Å². The number of halogens is 1. The maximum atomic E-state index is 14.2. The van der Waals surface area contributed by atoms with Crippen molar-refractivity contribution in [3.63, 3.8) is 0 Å². The summed E-state index contributed by atoms with van der Waals surface area (Å²) >= 11 is 0. The maximum absolute atomic E-state index is 14.2. The Balaban J connectivity index is 1.65. The largest absolute Gasteiger partial charge is 0.506 e. The van der Waals surface area contributed by atoms with Crippen LogP contribution in [0.25, 0.3) is 16.1 Å². The number of phenolic OH excluding ortho intramolecular Hbond substituents is 1. The minimum atomic E-state index is -0.509. The summed E-state index contributed by atoms with van der Waals surface area (Å²) in [6, 6.07) is 9.51. The van der Waals surface area contributed by atoms with Crippen LogP contribution in [0.1, 0.15) is 24.8 Å². The minimum Gasteiger partial charge on any atom is -0.506 e. The zero-order chi connectivity index (χ0) is 24.1. The molecule has 0 amide bonds. The van der Waals surface area contributed by atoms with E-state index in [2.05, 4.69) is 31.6 Å². The van der Waals surface area contributed by atoms with Gasteiger partial charge in [0.05, 0.1) is 18.0 Å². The number of nitrogens with zero attached hydrogens (tertiary/aromatic N) is 4. The van der Waals surface area contributed by atoms with Crippen LogP contribution < -0.4 is 10.2 Å². The highest BCUT2D eigenvalue weighted by molar-refractivity contribution is 5.91. The summed E-state index contributed by atoms with van der Waals surface area (Å²) in [6.45, 7) is 12.7. The SMILES string of the molecule is [C-]#[N+]c1cnc(Nc2ccc(O)c(N3CCCCC3)c2)nc1-c1ccc(F)c(CC(=O)C=C)c1. The second kappa shape index (κ2) is 10.1. The van der Waals surface area contributed by atoms with Crippen LogP contribution in [0.15, 0.2) is 55.3 Å². The van der Waals surface area contributed by atoms with E-state index < -0.39 is 5.82 Å². The number of rotatable bonds is 7. The molecule has 3 aromatic rings. The number of aromatic hydroxyl groups is 1. The smallest absolute Gasteiger partial charge is 0.230 e. The first kappa shape index (κ1) is 22.9. The zero-order valence-corrected chi connectivity index (χ0v) is 18.6. The lowest BCUT2D eigenvalue weighted by molar-refractivity contribution is -0.114. The number of benzene rings is 2. The van der Waals surface area contributed by atoms with Gasteiger partial charge in [-0.1, -0.05) is 12.6 Å². The molecule has 2 heterocycles. The number of hydrogen-bond donors (Lipinski definition) is 2. The van der Waals surface area contributed by atoms with E-state index in [0.29, 0.717) is 16.9 Å². The second-order valence-electron chi connectivity index (χ2n) is 8.07. The first-order valence-corrected chi connectivity index (χ1v) is 11.0. The number of phenols is 1. The first-order valence-electron chi connectivity index (χ1n) is 11.0. The number of ketones is 1. The molecule has 0 radical (unpaired) electrons.